The summed E-state index contributed by atoms with van der Waals surface area (Å²) in [5.41, 5.74) is 2.41. The molecule has 0 radical (unpaired) electrons. The maximum absolute atomic E-state index is 13.3. The van der Waals surface area contributed by atoms with Crippen molar-refractivity contribution < 1.29 is 13.2 Å². The van der Waals surface area contributed by atoms with Crippen LogP contribution in [0.3, 0.4) is 0 Å². The molecule has 2 aromatic rings. The van der Waals surface area contributed by atoms with Crippen LogP contribution in [0.5, 0.6) is 0 Å². The van der Waals surface area contributed by atoms with Crippen molar-refractivity contribution in [2.45, 2.75) is 6.92 Å². The highest BCUT2D eigenvalue weighted by Crippen LogP contribution is 2.42. The van der Waals surface area contributed by atoms with E-state index in [1.54, 1.807) is 19.1 Å². The molecule has 3 rings (SSSR count). The molecule has 0 aromatic heterocycles. The van der Waals surface area contributed by atoms with Gasteiger partial charge in [-0.3, -0.25) is 9.10 Å². The zero-order valence-corrected chi connectivity index (χ0v) is 15.3. The first-order valence-electron chi connectivity index (χ1n) is 8.33. The molecular weight excluding hydrogens is 348 g/mol. The van der Waals surface area contributed by atoms with Crippen LogP contribution >= 0.6 is 0 Å². The summed E-state index contributed by atoms with van der Waals surface area (Å²) in [5.74, 6) is -0.628. The number of amides is 1. The molecule has 0 unspecified atom stereocenters. The van der Waals surface area contributed by atoms with Gasteiger partial charge in [-0.15, -0.1) is 6.58 Å². The Morgan fingerprint density at radius 2 is 1.77 bits per heavy atom. The molecule has 0 aliphatic carbocycles. The van der Waals surface area contributed by atoms with Crippen molar-refractivity contribution in [3.63, 3.8) is 0 Å². The van der Waals surface area contributed by atoms with Gasteiger partial charge < -0.3 is 5.32 Å². The molecule has 1 heterocycles. The van der Waals surface area contributed by atoms with Crippen molar-refractivity contribution in [1.29, 1.82) is 0 Å². The molecule has 1 amide bonds. The van der Waals surface area contributed by atoms with Crippen LogP contribution in [0, 0.1) is 0 Å². The van der Waals surface area contributed by atoms with Gasteiger partial charge in [-0.05, 0) is 18.6 Å². The van der Waals surface area contributed by atoms with Gasteiger partial charge in [-0.2, -0.15) is 0 Å². The Balaban J connectivity index is 2.37. The van der Waals surface area contributed by atoms with Crippen LogP contribution in [0.1, 0.15) is 18.1 Å². The Morgan fingerprint density at radius 3 is 2.42 bits per heavy atom. The molecule has 2 aromatic carbocycles. The van der Waals surface area contributed by atoms with Crippen molar-refractivity contribution in [1.82, 2.24) is 5.32 Å². The first-order chi connectivity index (χ1) is 12.5. The summed E-state index contributed by atoms with van der Waals surface area (Å²) >= 11 is 0. The van der Waals surface area contributed by atoms with Crippen molar-refractivity contribution in [3.05, 3.63) is 83.3 Å². The van der Waals surface area contributed by atoms with E-state index < -0.39 is 15.9 Å². The first kappa shape index (κ1) is 17.9. The molecule has 0 spiro atoms. The Morgan fingerprint density at radius 1 is 1.12 bits per heavy atom. The standard InChI is InChI=1S/C20H20N2O3S/c1-3-14-21-20(23)19-18(15-10-6-5-7-11-15)16-12-8-9-13-17(16)22(4-2)26(19,24)25/h3,5-13H,1,4,14H2,2H3,(H,21,23). The van der Waals surface area contributed by atoms with Crippen molar-refractivity contribution in [2.24, 2.45) is 0 Å². The van der Waals surface area contributed by atoms with E-state index in [2.05, 4.69) is 11.9 Å². The van der Waals surface area contributed by atoms with Crippen molar-refractivity contribution in [3.8, 4) is 0 Å². The van der Waals surface area contributed by atoms with E-state index in [0.717, 1.165) is 5.56 Å². The number of fused-ring (bicyclic) bond motifs is 1. The highest BCUT2D eigenvalue weighted by molar-refractivity contribution is 7.97. The summed E-state index contributed by atoms with van der Waals surface area (Å²) in [7, 11) is -3.99. The number of hydrogen-bond donors (Lipinski definition) is 1. The number of carbonyl (C=O) groups is 1. The van der Waals surface area contributed by atoms with Gasteiger partial charge in [0.15, 0.2) is 4.91 Å². The Bertz CT molecular complexity index is 979. The van der Waals surface area contributed by atoms with Crippen LogP contribution in [0.25, 0.3) is 5.57 Å². The topological polar surface area (TPSA) is 66.5 Å². The number of sulfonamides is 1. The highest BCUT2D eigenvalue weighted by Gasteiger charge is 2.40. The number of benzene rings is 2. The molecular formula is C20H20N2O3S. The largest absolute Gasteiger partial charge is 0.348 e. The van der Waals surface area contributed by atoms with E-state index in [1.807, 2.05) is 42.5 Å². The summed E-state index contributed by atoms with van der Waals surface area (Å²) in [6.07, 6.45) is 1.52. The number of rotatable bonds is 5. The highest BCUT2D eigenvalue weighted by atomic mass is 32.2. The number of nitrogens with zero attached hydrogens (tertiary/aromatic N) is 1. The van der Waals surface area contributed by atoms with Gasteiger partial charge in [-0.25, -0.2) is 8.42 Å². The molecule has 0 bridgehead atoms. The summed E-state index contributed by atoms with van der Waals surface area (Å²) in [5, 5.41) is 2.61. The molecule has 0 saturated carbocycles. The fraction of sp³-hybridized carbons (Fsp3) is 0.150. The van der Waals surface area contributed by atoms with Gasteiger partial charge in [0.25, 0.3) is 15.9 Å². The monoisotopic (exact) mass is 368 g/mol. The summed E-state index contributed by atoms with van der Waals surface area (Å²) < 4.78 is 27.8. The van der Waals surface area contributed by atoms with Gasteiger partial charge in [0, 0.05) is 24.2 Å². The normalized spacial score (nSPS) is 15.3. The Kier molecular flexibility index (Phi) is 4.95. The number of para-hydroxylation sites is 1. The smallest absolute Gasteiger partial charge is 0.270 e. The van der Waals surface area contributed by atoms with Crippen LogP contribution in [-0.4, -0.2) is 27.4 Å². The maximum Gasteiger partial charge on any atom is 0.270 e. The van der Waals surface area contributed by atoms with Gasteiger partial charge in [0.1, 0.15) is 0 Å². The van der Waals surface area contributed by atoms with Crippen LogP contribution in [0.15, 0.2) is 72.2 Å². The van der Waals surface area contributed by atoms with Crippen LogP contribution in [0.2, 0.25) is 0 Å². The van der Waals surface area contributed by atoms with Crippen LogP contribution in [-0.2, 0) is 14.8 Å². The summed E-state index contributed by atoms with van der Waals surface area (Å²) in [6, 6.07) is 16.4. The number of nitrogens with one attached hydrogen (secondary N) is 1. The number of hydrogen-bond acceptors (Lipinski definition) is 3. The molecule has 0 atom stereocenters. The first-order valence-corrected chi connectivity index (χ1v) is 9.77. The second-order valence-corrected chi connectivity index (χ2v) is 7.55. The van der Waals surface area contributed by atoms with Gasteiger partial charge in [0.05, 0.1) is 5.69 Å². The van der Waals surface area contributed by atoms with Crippen molar-refractivity contribution in [2.75, 3.05) is 17.4 Å². The fourth-order valence-corrected chi connectivity index (χ4v) is 4.87. The average molecular weight is 368 g/mol. The quantitative estimate of drug-likeness (QED) is 0.825. The summed E-state index contributed by atoms with van der Waals surface area (Å²) in [4.78, 5) is 12.6. The Labute approximate surface area is 153 Å². The zero-order valence-electron chi connectivity index (χ0n) is 14.5. The van der Waals surface area contributed by atoms with E-state index in [0.29, 0.717) is 16.8 Å². The van der Waals surface area contributed by atoms with Crippen LogP contribution < -0.4 is 9.62 Å². The zero-order chi connectivity index (χ0) is 18.7. The fourth-order valence-electron chi connectivity index (χ4n) is 3.10. The van der Waals surface area contributed by atoms with Crippen molar-refractivity contribution >= 4 is 27.2 Å². The minimum Gasteiger partial charge on any atom is -0.348 e. The van der Waals surface area contributed by atoms with E-state index in [4.69, 9.17) is 0 Å². The molecule has 134 valence electrons. The van der Waals surface area contributed by atoms with Gasteiger partial charge in [-0.1, -0.05) is 54.6 Å². The maximum atomic E-state index is 13.3. The second kappa shape index (κ2) is 7.17. The molecule has 1 aliphatic heterocycles. The molecule has 5 nitrogen and oxygen atoms in total. The lowest BCUT2D eigenvalue weighted by molar-refractivity contribution is -0.116. The third-order valence-electron chi connectivity index (χ3n) is 4.18. The van der Waals surface area contributed by atoms with Gasteiger partial charge >= 0.3 is 0 Å². The van der Waals surface area contributed by atoms with E-state index in [1.165, 1.54) is 10.4 Å². The van der Waals surface area contributed by atoms with Crippen LogP contribution in [0.4, 0.5) is 5.69 Å². The predicted molar refractivity (Wildman–Crippen MR) is 104 cm³/mol. The SMILES string of the molecule is C=CCNC(=O)C1=C(c2ccccc2)c2ccccc2N(CC)S1(=O)=O. The van der Waals surface area contributed by atoms with Gasteiger partial charge in [0.2, 0.25) is 0 Å². The minimum absolute atomic E-state index is 0.188. The predicted octanol–water partition coefficient (Wildman–Crippen LogP) is 2.92. The third-order valence-corrected chi connectivity index (χ3v) is 6.12. The number of anilines is 1. The lowest BCUT2D eigenvalue weighted by Gasteiger charge is -2.32. The molecule has 6 heteroatoms. The second-order valence-electron chi connectivity index (χ2n) is 5.76. The average Bonchev–Trinajstić information content (AvgIpc) is 2.65. The molecule has 26 heavy (non-hydrogen) atoms. The third kappa shape index (κ3) is 2.93. The Hall–Kier alpha value is -2.86. The molecule has 1 aliphatic rings. The lowest BCUT2D eigenvalue weighted by atomic mass is 9.95. The number of carbonyl (C=O) groups excluding carboxylic acids is 1. The minimum atomic E-state index is -3.99. The molecule has 0 saturated heterocycles. The molecule has 1 N–H and O–H groups in total. The van der Waals surface area contributed by atoms with E-state index >= 15 is 0 Å². The summed E-state index contributed by atoms with van der Waals surface area (Å²) in [6.45, 7) is 5.74. The van der Waals surface area contributed by atoms with E-state index in [-0.39, 0.29) is 18.0 Å². The molecule has 0 fully saturated rings. The lowest BCUT2D eigenvalue weighted by Crippen LogP contribution is -2.41. The van der Waals surface area contributed by atoms with E-state index in [9.17, 15) is 13.2 Å².